The van der Waals surface area contributed by atoms with Crippen molar-refractivity contribution in [1.29, 1.82) is 0 Å². The van der Waals surface area contributed by atoms with Crippen LogP contribution in [0.2, 0.25) is 0 Å². The van der Waals surface area contributed by atoms with Gasteiger partial charge in [0.25, 0.3) is 0 Å². The zero-order valence-corrected chi connectivity index (χ0v) is 19.0. The number of para-hydroxylation sites is 2. The zero-order valence-electron chi connectivity index (χ0n) is 19.0. The number of methoxy groups -OCH3 is 2. The Bertz CT molecular complexity index is 819. The highest BCUT2D eigenvalue weighted by atomic mass is 16.5. The van der Waals surface area contributed by atoms with E-state index in [1.807, 2.05) is 49.7 Å². The molecule has 0 aliphatic carbocycles. The molecule has 0 saturated heterocycles. The van der Waals surface area contributed by atoms with Crippen LogP contribution in [0.5, 0.6) is 11.5 Å². The third kappa shape index (κ3) is 6.66. The fourth-order valence-electron chi connectivity index (χ4n) is 3.07. The Kier molecular flexibility index (Phi) is 9.47. The Morgan fingerprint density at radius 2 is 1.90 bits per heavy atom. The molecule has 0 spiro atoms. The molecular weight excluding hydrogens is 382 g/mol. The predicted molar refractivity (Wildman–Crippen MR) is 119 cm³/mol. The maximum Gasteiger partial charge on any atom is 0.191 e. The number of benzene rings is 1. The topological polar surface area (TPSA) is 81.9 Å². The average Bonchev–Trinajstić information content (AvgIpc) is 3.01. The summed E-state index contributed by atoms with van der Waals surface area (Å²) >= 11 is 0. The number of guanidine groups is 1. The number of aromatic nitrogens is 2. The van der Waals surface area contributed by atoms with Gasteiger partial charge in [-0.25, -0.2) is 4.99 Å². The van der Waals surface area contributed by atoms with Crippen LogP contribution in [0.15, 0.2) is 29.3 Å². The first-order valence-corrected chi connectivity index (χ1v) is 10.3. The molecule has 0 aliphatic rings. The highest BCUT2D eigenvalue weighted by Crippen LogP contribution is 2.26. The molecule has 2 N–H and O–H groups in total. The first kappa shape index (κ1) is 23.5. The van der Waals surface area contributed by atoms with Crippen molar-refractivity contribution in [2.24, 2.45) is 4.99 Å². The van der Waals surface area contributed by atoms with E-state index in [1.165, 1.54) is 0 Å². The summed E-state index contributed by atoms with van der Waals surface area (Å²) in [5, 5.41) is 11.2. The van der Waals surface area contributed by atoms with E-state index in [2.05, 4.69) is 22.7 Å². The summed E-state index contributed by atoms with van der Waals surface area (Å²) in [6.45, 7) is 11.5. The van der Waals surface area contributed by atoms with Crippen LogP contribution in [0, 0.1) is 13.8 Å². The van der Waals surface area contributed by atoms with Crippen molar-refractivity contribution in [3.8, 4) is 11.5 Å². The summed E-state index contributed by atoms with van der Waals surface area (Å²) in [5.74, 6) is 2.20. The molecule has 0 aliphatic heterocycles. The lowest BCUT2D eigenvalue weighted by Crippen LogP contribution is -2.41. The van der Waals surface area contributed by atoms with Gasteiger partial charge in [-0.15, -0.1) is 0 Å². The molecule has 1 aromatic carbocycles. The molecule has 1 heterocycles. The lowest BCUT2D eigenvalue weighted by atomic mass is 10.2. The van der Waals surface area contributed by atoms with Crippen LogP contribution in [0.25, 0.3) is 0 Å². The summed E-state index contributed by atoms with van der Waals surface area (Å²) < 4.78 is 18.5. The van der Waals surface area contributed by atoms with Gasteiger partial charge in [0.15, 0.2) is 17.5 Å². The van der Waals surface area contributed by atoms with Gasteiger partial charge < -0.3 is 24.8 Å². The van der Waals surface area contributed by atoms with Gasteiger partial charge in [0.2, 0.25) is 0 Å². The molecular formula is C22H35N5O3. The van der Waals surface area contributed by atoms with Crippen LogP contribution in [0.1, 0.15) is 30.8 Å². The van der Waals surface area contributed by atoms with Crippen LogP contribution >= 0.6 is 0 Å². The minimum atomic E-state index is -0.0644. The molecule has 1 unspecified atom stereocenters. The van der Waals surface area contributed by atoms with Gasteiger partial charge in [0, 0.05) is 24.9 Å². The van der Waals surface area contributed by atoms with Crippen LogP contribution < -0.4 is 20.1 Å². The molecule has 30 heavy (non-hydrogen) atoms. The Labute approximate surface area is 179 Å². The summed E-state index contributed by atoms with van der Waals surface area (Å²) in [7, 11) is 3.34. The molecule has 2 aromatic rings. The van der Waals surface area contributed by atoms with Crippen molar-refractivity contribution >= 4 is 5.96 Å². The number of rotatable bonds is 11. The Morgan fingerprint density at radius 1 is 1.17 bits per heavy atom. The summed E-state index contributed by atoms with van der Waals surface area (Å²) in [4.78, 5) is 4.74. The van der Waals surface area contributed by atoms with E-state index in [4.69, 9.17) is 19.2 Å². The molecule has 2 rings (SSSR count). The zero-order chi connectivity index (χ0) is 21.9. The smallest absolute Gasteiger partial charge is 0.191 e. The minimum Gasteiger partial charge on any atom is -0.493 e. The SMILES string of the molecule is CCNC(=NCc1c(C)nn(CCOC)c1C)NCC(C)Oc1ccccc1OC. The molecule has 0 fully saturated rings. The summed E-state index contributed by atoms with van der Waals surface area (Å²) in [6, 6.07) is 7.65. The van der Waals surface area contributed by atoms with Crippen LogP contribution in [-0.2, 0) is 17.8 Å². The second-order valence-electron chi connectivity index (χ2n) is 7.02. The number of hydrogen-bond acceptors (Lipinski definition) is 5. The Morgan fingerprint density at radius 3 is 2.57 bits per heavy atom. The second kappa shape index (κ2) is 12.1. The predicted octanol–water partition coefficient (Wildman–Crippen LogP) is 2.68. The van der Waals surface area contributed by atoms with Gasteiger partial charge in [0.05, 0.1) is 39.0 Å². The number of ether oxygens (including phenoxy) is 3. The minimum absolute atomic E-state index is 0.0644. The third-order valence-corrected chi connectivity index (χ3v) is 4.73. The second-order valence-corrected chi connectivity index (χ2v) is 7.02. The summed E-state index contributed by atoms with van der Waals surface area (Å²) in [6.07, 6.45) is -0.0644. The fraction of sp³-hybridized carbons (Fsp3) is 0.545. The number of aliphatic imine (C=N–C) groups is 1. The first-order chi connectivity index (χ1) is 14.5. The van der Waals surface area contributed by atoms with Gasteiger partial charge in [-0.3, -0.25) is 4.68 Å². The van der Waals surface area contributed by atoms with Gasteiger partial charge in [-0.05, 0) is 39.8 Å². The average molecular weight is 418 g/mol. The van der Waals surface area contributed by atoms with Crippen molar-refractivity contribution in [3.63, 3.8) is 0 Å². The van der Waals surface area contributed by atoms with Gasteiger partial charge >= 0.3 is 0 Å². The van der Waals surface area contributed by atoms with Crippen LogP contribution in [-0.4, -0.2) is 55.8 Å². The van der Waals surface area contributed by atoms with E-state index in [1.54, 1.807) is 14.2 Å². The monoisotopic (exact) mass is 417 g/mol. The molecule has 1 aromatic heterocycles. The highest BCUT2D eigenvalue weighted by molar-refractivity contribution is 5.79. The maximum absolute atomic E-state index is 6.01. The standard InChI is InChI=1S/C22H35N5O3/c1-7-23-22(24-14-16(2)30-21-11-9-8-10-20(21)29-6)25-15-19-17(3)26-27(18(19)4)12-13-28-5/h8-11,16H,7,12-15H2,1-6H3,(H2,23,24,25). The van der Waals surface area contributed by atoms with Crippen molar-refractivity contribution in [2.75, 3.05) is 33.9 Å². The van der Waals surface area contributed by atoms with Crippen molar-refractivity contribution in [2.45, 2.75) is 46.9 Å². The molecule has 0 saturated carbocycles. The fourth-order valence-corrected chi connectivity index (χ4v) is 3.07. The molecule has 1 atom stereocenters. The van der Waals surface area contributed by atoms with E-state index in [0.717, 1.165) is 47.5 Å². The highest BCUT2D eigenvalue weighted by Gasteiger charge is 2.12. The molecule has 8 heteroatoms. The Balaban J connectivity index is 1.98. The lowest BCUT2D eigenvalue weighted by molar-refractivity contribution is 0.182. The number of nitrogens with one attached hydrogen (secondary N) is 2. The largest absolute Gasteiger partial charge is 0.493 e. The molecule has 166 valence electrons. The molecule has 0 radical (unpaired) electrons. The maximum atomic E-state index is 6.01. The van der Waals surface area contributed by atoms with E-state index in [0.29, 0.717) is 19.7 Å². The van der Waals surface area contributed by atoms with Crippen LogP contribution in [0.3, 0.4) is 0 Å². The van der Waals surface area contributed by atoms with Crippen molar-refractivity contribution < 1.29 is 14.2 Å². The van der Waals surface area contributed by atoms with Crippen molar-refractivity contribution in [1.82, 2.24) is 20.4 Å². The van der Waals surface area contributed by atoms with Crippen LogP contribution in [0.4, 0.5) is 0 Å². The van der Waals surface area contributed by atoms with E-state index in [-0.39, 0.29) is 6.10 Å². The molecule has 0 amide bonds. The summed E-state index contributed by atoms with van der Waals surface area (Å²) in [5.41, 5.74) is 3.26. The number of hydrogen-bond donors (Lipinski definition) is 2. The normalized spacial score (nSPS) is 12.5. The first-order valence-electron chi connectivity index (χ1n) is 10.3. The van der Waals surface area contributed by atoms with Crippen molar-refractivity contribution in [3.05, 3.63) is 41.2 Å². The molecule has 8 nitrogen and oxygen atoms in total. The number of aryl methyl sites for hydroxylation is 1. The quantitative estimate of drug-likeness (QED) is 0.432. The lowest BCUT2D eigenvalue weighted by Gasteiger charge is -2.19. The van der Waals surface area contributed by atoms with E-state index in [9.17, 15) is 0 Å². The van der Waals surface area contributed by atoms with Gasteiger partial charge in [-0.1, -0.05) is 12.1 Å². The van der Waals surface area contributed by atoms with E-state index < -0.39 is 0 Å². The Hall–Kier alpha value is -2.74. The van der Waals surface area contributed by atoms with Gasteiger partial charge in [0.1, 0.15) is 6.10 Å². The van der Waals surface area contributed by atoms with Gasteiger partial charge in [-0.2, -0.15) is 5.10 Å². The van der Waals surface area contributed by atoms with E-state index >= 15 is 0 Å². The molecule has 0 bridgehead atoms. The number of nitrogens with zero attached hydrogens (tertiary/aromatic N) is 3. The third-order valence-electron chi connectivity index (χ3n) is 4.73.